The molecule has 1 heterocycles. The van der Waals surface area contributed by atoms with E-state index in [1.54, 1.807) is 23.1 Å². The second-order valence-electron chi connectivity index (χ2n) is 6.36. The van der Waals surface area contributed by atoms with Crippen molar-refractivity contribution in [1.82, 2.24) is 14.5 Å². The fraction of sp³-hybridized carbons (Fsp3) is 0.286. The van der Waals surface area contributed by atoms with E-state index in [1.807, 2.05) is 44.2 Å². The van der Waals surface area contributed by atoms with Crippen molar-refractivity contribution < 1.29 is 4.79 Å². The number of benzene rings is 2. The maximum atomic E-state index is 12.9. The van der Waals surface area contributed by atoms with E-state index in [2.05, 4.69) is 4.98 Å². The van der Waals surface area contributed by atoms with E-state index in [0.717, 1.165) is 6.42 Å². The van der Waals surface area contributed by atoms with Crippen molar-refractivity contribution in [2.45, 2.75) is 26.8 Å². The number of carbonyl (C=O) groups is 1. The number of aromatic amines is 1. The Morgan fingerprint density at radius 3 is 2.48 bits per heavy atom. The van der Waals surface area contributed by atoms with E-state index in [4.69, 9.17) is 0 Å². The summed E-state index contributed by atoms with van der Waals surface area (Å²) in [6, 6.07) is 15.1. The molecule has 1 N–H and O–H groups in total. The maximum Gasteiger partial charge on any atom is 0.316 e. The van der Waals surface area contributed by atoms with Crippen molar-refractivity contribution >= 4 is 16.9 Å². The molecule has 0 spiro atoms. The van der Waals surface area contributed by atoms with Crippen molar-refractivity contribution in [3.05, 3.63) is 80.4 Å². The molecule has 0 bridgehead atoms. The molecule has 6 heteroatoms. The molecule has 27 heavy (non-hydrogen) atoms. The zero-order chi connectivity index (χ0) is 19.4. The van der Waals surface area contributed by atoms with Crippen LogP contribution in [0.3, 0.4) is 0 Å². The molecule has 140 valence electrons. The van der Waals surface area contributed by atoms with Gasteiger partial charge in [-0.3, -0.25) is 14.4 Å². The van der Waals surface area contributed by atoms with Crippen LogP contribution in [0.25, 0.3) is 11.0 Å². The van der Waals surface area contributed by atoms with Crippen molar-refractivity contribution in [2.24, 2.45) is 0 Å². The van der Waals surface area contributed by atoms with E-state index >= 15 is 0 Å². The molecule has 3 rings (SSSR count). The van der Waals surface area contributed by atoms with Crippen LogP contribution < -0.4 is 11.1 Å². The molecule has 0 atom stereocenters. The summed E-state index contributed by atoms with van der Waals surface area (Å²) in [5, 5.41) is 0. The first-order valence-electron chi connectivity index (χ1n) is 9.15. The van der Waals surface area contributed by atoms with Crippen molar-refractivity contribution in [2.75, 3.05) is 13.1 Å². The summed E-state index contributed by atoms with van der Waals surface area (Å²) in [6.45, 7) is 5.35. The second-order valence-corrected chi connectivity index (χ2v) is 6.36. The van der Waals surface area contributed by atoms with E-state index in [0.29, 0.717) is 36.2 Å². The van der Waals surface area contributed by atoms with Crippen LogP contribution in [0.2, 0.25) is 0 Å². The fourth-order valence-electron chi connectivity index (χ4n) is 3.22. The van der Waals surface area contributed by atoms with Crippen LogP contribution in [0.1, 0.15) is 29.8 Å². The average molecular weight is 365 g/mol. The second kappa shape index (κ2) is 8.03. The third-order valence-electron chi connectivity index (χ3n) is 4.72. The lowest BCUT2D eigenvalue weighted by atomic mass is 10.1. The van der Waals surface area contributed by atoms with Gasteiger partial charge in [-0.15, -0.1) is 0 Å². The van der Waals surface area contributed by atoms with Crippen LogP contribution >= 0.6 is 0 Å². The third kappa shape index (κ3) is 3.84. The molecule has 6 nitrogen and oxygen atoms in total. The summed E-state index contributed by atoms with van der Waals surface area (Å²) in [7, 11) is 0. The highest BCUT2D eigenvalue weighted by atomic mass is 16.2. The van der Waals surface area contributed by atoms with Crippen molar-refractivity contribution in [3.8, 4) is 0 Å². The lowest BCUT2D eigenvalue weighted by molar-refractivity contribution is 0.0766. The third-order valence-corrected chi connectivity index (χ3v) is 4.72. The monoisotopic (exact) mass is 365 g/mol. The Morgan fingerprint density at radius 1 is 1.07 bits per heavy atom. The standard InChI is InChI=1S/C21H23N3O3/c1-3-23(13-12-15-8-6-5-7-9-15)20(26)16-10-11-18-17(14-16)22-19(25)21(27)24(18)4-2/h5-11,14H,3-4,12-13H2,1-2H3,(H,22,25). The normalized spacial score (nSPS) is 10.9. The summed E-state index contributed by atoms with van der Waals surface area (Å²) in [4.78, 5) is 41.1. The van der Waals surface area contributed by atoms with Crippen LogP contribution in [-0.4, -0.2) is 33.4 Å². The number of likely N-dealkylation sites (N-methyl/N-ethyl adjacent to an activating group) is 1. The lowest BCUT2D eigenvalue weighted by Crippen LogP contribution is -2.36. The number of nitrogens with zero attached hydrogens (tertiary/aromatic N) is 2. The molecule has 0 saturated heterocycles. The quantitative estimate of drug-likeness (QED) is 0.682. The number of carbonyl (C=O) groups excluding carboxylic acids is 1. The highest BCUT2D eigenvalue weighted by Gasteiger charge is 2.16. The first-order chi connectivity index (χ1) is 13.0. The number of hydrogen-bond donors (Lipinski definition) is 1. The molecular weight excluding hydrogens is 342 g/mol. The molecule has 1 aromatic heterocycles. The van der Waals surface area contributed by atoms with Crippen LogP contribution in [0.4, 0.5) is 0 Å². The summed E-state index contributed by atoms with van der Waals surface area (Å²) >= 11 is 0. The van der Waals surface area contributed by atoms with Gasteiger partial charge >= 0.3 is 11.1 Å². The largest absolute Gasteiger partial charge is 0.339 e. The molecule has 1 amide bonds. The predicted molar refractivity (Wildman–Crippen MR) is 106 cm³/mol. The van der Waals surface area contributed by atoms with Crippen LogP contribution in [0, 0.1) is 0 Å². The molecule has 0 aliphatic carbocycles. The SMILES string of the molecule is CCN(CCc1ccccc1)C(=O)c1ccc2c(c1)[nH]c(=O)c(=O)n2CC. The van der Waals surface area contributed by atoms with Gasteiger partial charge < -0.3 is 14.5 Å². The van der Waals surface area contributed by atoms with Gasteiger partial charge in [0.2, 0.25) is 0 Å². The minimum absolute atomic E-state index is 0.0922. The van der Waals surface area contributed by atoms with E-state index in [9.17, 15) is 14.4 Å². The Labute approximate surface area is 157 Å². The van der Waals surface area contributed by atoms with Gasteiger partial charge in [-0.1, -0.05) is 30.3 Å². The Kier molecular flexibility index (Phi) is 5.54. The van der Waals surface area contributed by atoms with E-state index in [1.165, 1.54) is 10.1 Å². The number of rotatable bonds is 6. The number of fused-ring (bicyclic) bond motifs is 1. The minimum atomic E-state index is -0.676. The predicted octanol–water partition coefficient (Wildman–Crippen LogP) is 2.41. The first-order valence-corrected chi connectivity index (χ1v) is 9.15. The zero-order valence-corrected chi connectivity index (χ0v) is 15.6. The van der Waals surface area contributed by atoms with Gasteiger partial charge in [-0.05, 0) is 44.0 Å². The number of aryl methyl sites for hydroxylation is 1. The molecule has 0 aliphatic heterocycles. The van der Waals surface area contributed by atoms with Gasteiger partial charge in [0, 0.05) is 25.2 Å². The maximum absolute atomic E-state index is 12.9. The highest BCUT2D eigenvalue weighted by Crippen LogP contribution is 2.14. The molecule has 0 fully saturated rings. The highest BCUT2D eigenvalue weighted by molar-refractivity contribution is 5.97. The molecule has 3 aromatic rings. The van der Waals surface area contributed by atoms with E-state index in [-0.39, 0.29) is 5.91 Å². The molecule has 2 aromatic carbocycles. The van der Waals surface area contributed by atoms with Gasteiger partial charge in [0.15, 0.2) is 0 Å². The number of hydrogen-bond acceptors (Lipinski definition) is 3. The van der Waals surface area contributed by atoms with Gasteiger partial charge in [0.05, 0.1) is 11.0 Å². The number of H-pyrrole nitrogens is 1. The Hall–Kier alpha value is -3.15. The Balaban J connectivity index is 1.88. The zero-order valence-electron chi connectivity index (χ0n) is 15.6. The summed E-state index contributed by atoms with van der Waals surface area (Å²) in [6.07, 6.45) is 0.778. The Morgan fingerprint density at radius 2 is 1.81 bits per heavy atom. The van der Waals surface area contributed by atoms with Gasteiger partial charge in [-0.25, -0.2) is 0 Å². The molecular formula is C21H23N3O3. The van der Waals surface area contributed by atoms with Crippen LogP contribution in [0.15, 0.2) is 58.1 Å². The lowest BCUT2D eigenvalue weighted by Gasteiger charge is -2.21. The van der Waals surface area contributed by atoms with Crippen molar-refractivity contribution in [3.63, 3.8) is 0 Å². The number of aromatic nitrogens is 2. The molecule has 0 radical (unpaired) electrons. The average Bonchev–Trinajstić information content (AvgIpc) is 2.69. The molecule has 0 saturated carbocycles. The van der Waals surface area contributed by atoms with Gasteiger partial charge in [0.25, 0.3) is 5.91 Å². The van der Waals surface area contributed by atoms with Gasteiger partial charge in [-0.2, -0.15) is 0 Å². The van der Waals surface area contributed by atoms with Crippen molar-refractivity contribution in [1.29, 1.82) is 0 Å². The fourth-order valence-corrected chi connectivity index (χ4v) is 3.22. The minimum Gasteiger partial charge on any atom is -0.339 e. The Bertz CT molecular complexity index is 1070. The smallest absolute Gasteiger partial charge is 0.316 e. The summed E-state index contributed by atoms with van der Waals surface area (Å²) < 4.78 is 1.41. The molecule has 0 unspecified atom stereocenters. The van der Waals surface area contributed by atoms with Crippen LogP contribution in [0.5, 0.6) is 0 Å². The summed E-state index contributed by atoms with van der Waals surface area (Å²) in [5.41, 5.74) is 1.53. The molecule has 0 aliphatic rings. The number of amides is 1. The van der Waals surface area contributed by atoms with E-state index < -0.39 is 11.1 Å². The van der Waals surface area contributed by atoms with Gasteiger partial charge in [0.1, 0.15) is 0 Å². The first kappa shape index (κ1) is 18.6. The number of nitrogens with one attached hydrogen (secondary N) is 1. The topological polar surface area (TPSA) is 75.2 Å². The van der Waals surface area contributed by atoms with Crippen LogP contribution in [-0.2, 0) is 13.0 Å². The summed E-state index contributed by atoms with van der Waals surface area (Å²) in [5.74, 6) is -0.0922.